The fourth-order valence-electron chi connectivity index (χ4n) is 6.41. The van der Waals surface area contributed by atoms with E-state index in [0.717, 1.165) is 33.3 Å². The lowest BCUT2D eigenvalue weighted by atomic mass is 9.71. The number of benzene rings is 6. The second kappa shape index (κ2) is 9.35. The Kier molecular flexibility index (Phi) is 5.36. The Morgan fingerprint density at radius 1 is 0.390 bits per heavy atom. The fraction of sp³-hybridized carbons (Fsp3) is 0.0263. The van der Waals surface area contributed by atoms with Crippen LogP contribution in [0, 0.1) is 0 Å². The molecular formula is C38H25N3. The molecule has 192 valence electrons. The Bertz CT molecular complexity index is 2000. The summed E-state index contributed by atoms with van der Waals surface area (Å²) in [7, 11) is 0. The zero-order chi connectivity index (χ0) is 27.2. The highest BCUT2D eigenvalue weighted by atomic mass is 15.0. The summed E-state index contributed by atoms with van der Waals surface area (Å²) in [5.41, 5.74) is 7.16. The average molecular weight is 524 g/mol. The maximum absolute atomic E-state index is 5.39. The number of nitrogens with zero attached hydrogens (tertiary/aromatic N) is 3. The summed E-state index contributed by atoms with van der Waals surface area (Å²) in [6, 6.07) is 53.0. The highest BCUT2D eigenvalue weighted by Crippen LogP contribution is 2.55. The van der Waals surface area contributed by atoms with Gasteiger partial charge in [-0.05, 0) is 38.6 Å². The molecule has 0 aliphatic heterocycles. The number of hydrogen-bond donors (Lipinski definition) is 0. The Morgan fingerprint density at radius 2 is 0.927 bits per heavy atom. The van der Waals surface area contributed by atoms with Crippen molar-refractivity contribution in [2.24, 2.45) is 0 Å². The molecule has 0 saturated carbocycles. The van der Waals surface area contributed by atoms with Crippen molar-refractivity contribution >= 4 is 10.8 Å². The van der Waals surface area contributed by atoms with Gasteiger partial charge in [-0.2, -0.15) is 0 Å². The second-order valence-corrected chi connectivity index (χ2v) is 10.4. The van der Waals surface area contributed by atoms with Gasteiger partial charge in [0.1, 0.15) is 5.41 Å². The molecule has 1 aromatic heterocycles. The van der Waals surface area contributed by atoms with E-state index in [9.17, 15) is 0 Å². The van der Waals surface area contributed by atoms with Gasteiger partial charge in [-0.15, -0.1) is 0 Å². The van der Waals surface area contributed by atoms with Crippen LogP contribution in [0.2, 0.25) is 0 Å². The molecule has 0 N–H and O–H groups in total. The summed E-state index contributed by atoms with van der Waals surface area (Å²) in [4.78, 5) is 15.8. The summed E-state index contributed by atoms with van der Waals surface area (Å²) in [6.45, 7) is 0. The zero-order valence-corrected chi connectivity index (χ0v) is 22.3. The minimum atomic E-state index is -0.708. The number of aromatic nitrogens is 3. The predicted octanol–water partition coefficient (Wildman–Crippen LogP) is 8.72. The van der Waals surface area contributed by atoms with Crippen LogP contribution in [0.1, 0.15) is 22.5 Å². The molecule has 0 bridgehead atoms. The van der Waals surface area contributed by atoms with Crippen molar-refractivity contribution in [2.75, 3.05) is 0 Å². The third kappa shape index (κ3) is 3.56. The van der Waals surface area contributed by atoms with E-state index < -0.39 is 5.41 Å². The van der Waals surface area contributed by atoms with Crippen LogP contribution in [0.25, 0.3) is 44.7 Å². The minimum absolute atomic E-state index is 0.663. The normalized spacial score (nSPS) is 13.1. The first-order valence-electron chi connectivity index (χ1n) is 13.9. The zero-order valence-electron chi connectivity index (χ0n) is 22.3. The van der Waals surface area contributed by atoms with Crippen molar-refractivity contribution in [3.63, 3.8) is 0 Å². The van der Waals surface area contributed by atoms with Crippen molar-refractivity contribution in [1.82, 2.24) is 15.0 Å². The summed E-state index contributed by atoms with van der Waals surface area (Å²) >= 11 is 0. The maximum Gasteiger partial charge on any atom is 0.164 e. The van der Waals surface area contributed by atoms with Crippen molar-refractivity contribution in [1.29, 1.82) is 0 Å². The van der Waals surface area contributed by atoms with Crippen molar-refractivity contribution in [3.8, 4) is 33.9 Å². The van der Waals surface area contributed by atoms with Crippen molar-refractivity contribution in [2.45, 2.75) is 5.41 Å². The van der Waals surface area contributed by atoms with Gasteiger partial charge in [0, 0.05) is 11.1 Å². The Morgan fingerprint density at radius 3 is 1.66 bits per heavy atom. The average Bonchev–Trinajstić information content (AvgIpc) is 3.36. The number of hydrogen-bond acceptors (Lipinski definition) is 3. The number of fused-ring (bicyclic) bond motifs is 4. The van der Waals surface area contributed by atoms with Crippen LogP contribution in [-0.2, 0) is 5.41 Å². The van der Waals surface area contributed by atoms with E-state index in [1.807, 2.05) is 18.2 Å². The van der Waals surface area contributed by atoms with Gasteiger partial charge in [0.05, 0.1) is 0 Å². The molecule has 0 spiro atoms. The lowest BCUT2D eigenvalue weighted by molar-refractivity contribution is 0.692. The molecule has 0 fully saturated rings. The first kappa shape index (κ1) is 23.5. The smallest absolute Gasteiger partial charge is 0.164 e. The van der Waals surface area contributed by atoms with Crippen LogP contribution in [0.5, 0.6) is 0 Å². The van der Waals surface area contributed by atoms with Crippen molar-refractivity contribution in [3.05, 3.63) is 174 Å². The molecular weight excluding hydrogens is 498 g/mol. The highest BCUT2D eigenvalue weighted by Gasteiger charge is 2.48. The van der Waals surface area contributed by atoms with Gasteiger partial charge in [0.25, 0.3) is 0 Å². The van der Waals surface area contributed by atoms with E-state index in [0.29, 0.717) is 11.6 Å². The molecule has 1 aliphatic carbocycles. The summed E-state index contributed by atoms with van der Waals surface area (Å²) in [5, 5.41) is 2.27. The molecule has 8 rings (SSSR count). The van der Waals surface area contributed by atoms with E-state index in [-0.39, 0.29) is 0 Å². The van der Waals surface area contributed by atoms with Gasteiger partial charge < -0.3 is 0 Å². The summed E-state index contributed by atoms with van der Waals surface area (Å²) in [6.07, 6.45) is 0. The maximum atomic E-state index is 5.39. The molecule has 0 atom stereocenters. The van der Waals surface area contributed by atoms with E-state index in [2.05, 4.69) is 133 Å². The highest BCUT2D eigenvalue weighted by molar-refractivity contribution is 5.95. The van der Waals surface area contributed by atoms with Gasteiger partial charge in [0.15, 0.2) is 17.5 Å². The second-order valence-electron chi connectivity index (χ2n) is 10.4. The van der Waals surface area contributed by atoms with Gasteiger partial charge in [-0.3, -0.25) is 0 Å². The quantitative estimate of drug-likeness (QED) is 0.232. The number of rotatable bonds is 4. The topological polar surface area (TPSA) is 38.7 Å². The van der Waals surface area contributed by atoms with Crippen LogP contribution < -0.4 is 0 Å². The first-order chi connectivity index (χ1) is 20.3. The fourth-order valence-corrected chi connectivity index (χ4v) is 6.41. The van der Waals surface area contributed by atoms with E-state index in [1.165, 1.54) is 22.3 Å². The van der Waals surface area contributed by atoms with E-state index in [4.69, 9.17) is 15.0 Å². The standard InChI is InChI=1S/C38H25N3/c1-3-15-27(16-4-1)35-39-36(32-23-13-17-26-14-7-8-20-29(26)32)41-37(40-35)38(28-18-5-2-6-19-28)33-24-11-9-21-30(33)31-22-10-12-25-34(31)38/h1-25H. The molecule has 0 amide bonds. The Hall–Kier alpha value is -5.41. The Labute approximate surface area is 238 Å². The Balaban J connectivity index is 1.52. The monoisotopic (exact) mass is 523 g/mol. The summed E-state index contributed by atoms with van der Waals surface area (Å²) < 4.78 is 0. The SMILES string of the molecule is c1ccc(-c2nc(-c3cccc4ccccc34)nc(C3(c4ccccc4)c4ccccc4-c4ccccc43)n2)cc1. The molecule has 1 aliphatic rings. The molecule has 0 saturated heterocycles. The molecule has 6 aromatic carbocycles. The van der Waals surface area contributed by atoms with Crippen LogP contribution >= 0.6 is 0 Å². The summed E-state index contributed by atoms with van der Waals surface area (Å²) in [5.74, 6) is 2.05. The largest absolute Gasteiger partial charge is 0.211 e. The van der Waals surface area contributed by atoms with E-state index >= 15 is 0 Å². The van der Waals surface area contributed by atoms with Gasteiger partial charge in [-0.1, -0.05) is 152 Å². The lowest BCUT2D eigenvalue weighted by Crippen LogP contribution is -2.31. The van der Waals surface area contributed by atoms with Crippen LogP contribution in [0.4, 0.5) is 0 Å². The molecule has 41 heavy (non-hydrogen) atoms. The van der Waals surface area contributed by atoms with Crippen LogP contribution in [-0.4, -0.2) is 15.0 Å². The van der Waals surface area contributed by atoms with Gasteiger partial charge >= 0.3 is 0 Å². The van der Waals surface area contributed by atoms with E-state index in [1.54, 1.807) is 0 Å². The third-order valence-corrected chi connectivity index (χ3v) is 8.19. The van der Waals surface area contributed by atoms with Crippen LogP contribution in [0.3, 0.4) is 0 Å². The van der Waals surface area contributed by atoms with Crippen molar-refractivity contribution < 1.29 is 0 Å². The molecule has 7 aromatic rings. The molecule has 1 heterocycles. The first-order valence-corrected chi connectivity index (χ1v) is 13.9. The molecule has 0 unspecified atom stereocenters. The predicted molar refractivity (Wildman–Crippen MR) is 166 cm³/mol. The lowest BCUT2D eigenvalue weighted by Gasteiger charge is -2.32. The molecule has 3 heteroatoms. The van der Waals surface area contributed by atoms with Gasteiger partial charge in [0.2, 0.25) is 0 Å². The van der Waals surface area contributed by atoms with Gasteiger partial charge in [-0.25, -0.2) is 15.0 Å². The molecule has 0 radical (unpaired) electrons. The van der Waals surface area contributed by atoms with Crippen LogP contribution in [0.15, 0.2) is 152 Å². The molecule has 3 nitrogen and oxygen atoms in total. The minimum Gasteiger partial charge on any atom is -0.211 e. The third-order valence-electron chi connectivity index (χ3n) is 8.19.